The number of hydrogen-bond acceptors (Lipinski definition) is 4. The summed E-state index contributed by atoms with van der Waals surface area (Å²) in [5, 5.41) is 2.75. The number of rotatable bonds is 5. The molecule has 3 N–H and O–H groups in total. The fourth-order valence-corrected chi connectivity index (χ4v) is 2.95. The Balaban J connectivity index is 2.24. The quantitative estimate of drug-likeness (QED) is 0.820. The summed E-state index contributed by atoms with van der Waals surface area (Å²) in [5.74, 6) is -1.02. The van der Waals surface area contributed by atoms with Crippen LogP contribution in [0.2, 0.25) is 0 Å². The summed E-state index contributed by atoms with van der Waals surface area (Å²) in [4.78, 5) is 10.7. The molecule has 0 aliphatic carbocycles. The van der Waals surface area contributed by atoms with Crippen LogP contribution in [-0.4, -0.2) is 20.9 Å². The standard InChI is InChI=1S/C14H13FN2O3S/c15-10-1-5-12(6-2-10)21(19,20)13-7-3-11(4-8-13)17-9-14(16)18/h1-8,17H,9H2,(H2,16,18). The van der Waals surface area contributed by atoms with Crippen LogP contribution in [-0.2, 0) is 14.6 Å². The van der Waals surface area contributed by atoms with Gasteiger partial charge in [0.05, 0.1) is 16.3 Å². The number of amides is 1. The van der Waals surface area contributed by atoms with Gasteiger partial charge in [0.2, 0.25) is 15.7 Å². The Morgan fingerprint density at radius 3 is 1.95 bits per heavy atom. The van der Waals surface area contributed by atoms with Gasteiger partial charge in [-0.3, -0.25) is 4.79 Å². The molecule has 7 heteroatoms. The third-order valence-corrected chi connectivity index (χ3v) is 4.54. The first kappa shape index (κ1) is 15.0. The number of carbonyl (C=O) groups excluding carboxylic acids is 1. The van der Waals surface area contributed by atoms with Crippen LogP contribution in [0.15, 0.2) is 58.3 Å². The predicted octanol–water partition coefficient (Wildman–Crippen LogP) is 1.56. The predicted molar refractivity (Wildman–Crippen MR) is 76.0 cm³/mol. The van der Waals surface area contributed by atoms with Gasteiger partial charge in [-0.2, -0.15) is 0 Å². The first-order valence-corrected chi connectivity index (χ1v) is 7.51. The Hall–Kier alpha value is -2.41. The Morgan fingerprint density at radius 1 is 1.00 bits per heavy atom. The van der Waals surface area contributed by atoms with Gasteiger partial charge in [0.1, 0.15) is 5.82 Å². The van der Waals surface area contributed by atoms with Crippen molar-refractivity contribution in [2.45, 2.75) is 9.79 Å². The average molecular weight is 308 g/mol. The maximum absolute atomic E-state index is 12.8. The van der Waals surface area contributed by atoms with Gasteiger partial charge in [0.15, 0.2) is 0 Å². The number of hydrogen-bond donors (Lipinski definition) is 2. The third kappa shape index (κ3) is 3.57. The molecule has 0 unspecified atom stereocenters. The molecule has 0 aliphatic rings. The molecule has 0 spiro atoms. The van der Waals surface area contributed by atoms with Gasteiger partial charge in [-0.15, -0.1) is 0 Å². The zero-order valence-corrected chi connectivity index (χ0v) is 11.7. The fourth-order valence-electron chi connectivity index (χ4n) is 1.69. The zero-order chi connectivity index (χ0) is 15.5. The van der Waals surface area contributed by atoms with Crippen molar-refractivity contribution in [2.75, 3.05) is 11.9 Å². The van der Waals surface area contributed by atoms with Crippen molar-refractivity contribution in [2.24, 2.45) is 5.73 Å². The highest BCUT2D eigenvalue weighted by atomic mass is 32.2. The molecule has 0 atom stereocenters. The van der Waals surface area contributed by atoms with Crippen LogP contribution in [0, 0.1) is 5.82 Å². The molecule has 0 bridgehead atoms. The summed E-state index contributed by atoms with van der Waals surface area (Å²) in [6, 6.07) is 10.5. The van der Waals surface area contributed by atoms with E-state index in [-0.39, 0.29) is 16.3 Å². The molecule has 0 saturated heterocycles. The monoisotopic (exact) mass is 308 g/mol. The minimum atomic E-state index is -3.69. The molecule has 0 radical (unpaired) electrons. The minimum Gasteiger partial charge on any atom is -0.376 e. The van der Waals surface area contributed by atoms with E-state index in [9.17, 15) is 17.6 Å². The molecular weight excluding hydrogens is 295 g/mol. The third-order valence-electron chi connectivity index (χ3n) is 2.76. The van der Waals surface area contributed by atoms with E-state index >= 15 is 0 Å². The van der Waals surface area contributed by atoms with Crippen LogP contribution in [0.4, 0.5) is 10.1 Å². The van der Waals surface area contributed by atoms with Gasteiger partial charge in [0, 0.05) is 5.69 Å². The van der Waals surface area contributed by atoms with E-state index in [0.29, 0.717) is 5.69 Å². The summed E-state index contributed by atoms with van der Waals surface area (Å²) < 4.78 is 37.5. The molecule has 0 aromatic heterocycles. The molecule has 5 nitrogen and oxygen atoms in total. The van der Waals surface area contributed by atoms with Crippen molar-refractivity contribution in [1.82, 2.24) is 0 Å². The summed E-state index contributed by atoms with van der Waals surface area (Å²) in [7, 11) is -3.69. The number of halogens is 1. The number of sulfone groups is 1. The molecule has 0 aliphatic heterocycles. The second-order valence-corrected chi connectivity index (χ2v) is 6.25. The van der Waals surface area contributed by atoms with Crippen molar-refractivity contribution in [1.29, 1.82) is 0 Å². The van der Waals surface area contributed by atoms with E-state index < -0.39 is 21.6 Å². The number of nitrogens with two attached hydrogens (primary N) is 1. The fraction of sp³-hybridized carbons (Fsp3) is 0.0714. The molecule has 0 heterocycles. The lowest BCUT2D eigenvalue weighted by Crippen LogP contribution is -2.21. The summed E-state index contributed by atoms with van der Waals surface area (Å²) >= 11 is 0. The summed E-state index contributed by atoms with van der Waals surface area (Å²) in [6.07, 6.45) is 0. The second kappa shape index (κ2) is 5.92. The van der Waals surface area contributed by atoms with Crippen molar-refractivity contribution >= 4 is 21.4 Å². The Bertz CT molecular complexity index is 741. The normalized spacial score (nSPS) is 11.1. The van der Waals surface area contributed by atoms with Gasteiger partial charge < -0.3 is 11.1 Å². The highest BCUT2D eigenvalue weighted by Crippen LogP contribution is 2.22. The SMILES string of the molecule is NC(=O)CNc1ccc(S(=O)(=O)c2ccc(F)cc2)cc1. The first-order valence-electron chi connectivity index (χ1n) is 6.02. The number of primary amides is 1. The lowest BCUT2D eigenvalue weighted by atomic mass is 10.3. The Kier molecular flexibility index (Phi) is 4.23. The summed E-state index contributed by atoms with van der Waals surface area (Å²) in [6.45, 7) is -0.0376. The van der Waals surface area contributed by atoms with Crippen LogP contribution in [0.3, 0.4) is 0 Å². The topological polar surface area (TPSA) is 89.3 Å². The molecule has 110 valence electrons. The highest BCUT2D eigenvalue weighted by molar-refractivity contribution is 7.91. The number of anilines is 1. The molecular formula is C14H13FN2O3S. The number of nitrogens with one attached hydrogen (secondary N) is 1. The molecule has 2 aromatic rings. The molecule has 2 rings (SSSR count). The van der Waals surface area contributed by atoms with Gasteiger partial charge in [-0.25, -0.2) is 12.8 Å². The molecule has 2 aromatic carbocycles. The van der Waals surface area contributed by atoms with Gasteiger partial charge >= 0.3 is 0 Å². The van der Waals surface area contributed by atoms with Crippen LogP contribution in [0.5, 0.6) is 0 Å². The molecule has 21 heavy (non-hydrogen) atoms. The first-order chi connectivity index (χ1) is 9.89. The summed E-state index contributed by atoms with van der Waals surface area (Å²) in [5.41, 5.74) is 5.58. The van der Waals surface area contributed by atoms with E-state index in [2.05, 4.69) is 5.32 Å². The second-order valence-electron chi connectivity index (χ2n) is 4.30. The van der Waals surface area contributed by atoms with Crippen molar-refractivity contribution in [3.63, 3.8) is 0 Å². The van der Waals surface area contributed by atoms with Crippen molar-refractivity contribution in [3.05, 3.63) is 54.3 Å². The maximum atomic E-state index is 12.8. The van der Waals surface area contributed by atoms with Crippen LogP contribution in [0.1, 0.15) is 0 Å². The number of benzene rings is 2. The van der Waals surface area contributed by atoms with Crippen LogP contribution < -0.4 is 11.1 Å². The number of carbonyl (C=O) groups is 1. The Morgan fingerprint density at radius 2 is 1.48 bits per heavy atom. The minimum absolute atomic E-state index is 0.0155. The van der Waals surface area contributed by atoms with Crippen molar-refractivity contribution in [3.8, 4) is 0 Å². The smallest absolute Gasteiger partial charge is 0.236 e. The van der Waals surface area contributed by atoms with E-state index in [1.807, 2.05) is 0 Å². The highest BCUT2D eigenvalue weighted by Gasteiger charge is 2.17. The van der Waals surface area contributed by atoms with E-state index in [4.69, 9.17) is 5.73 Å². The maximum Gasteiger partial charge on any atom is 0.236 e. The molecule has 1 amide bonds. The van der Waals surface area contributed by atoms with Crippen LogP contribution >= 0.6 is 0 Å². The van der Waals surface area contributed by atoms with Gasteiger partial charge in [-0.1, -0.05) is 0 Å². The van der Waals surface area contributed by atoms with E-state index in [1.54, 1.807) is 0 Å². The van der Waals surface area contributed by atoms with Crippen molar-refractivity contribution < 1.29 is 17.6 Å². The van der Waals surface area contributed by atoms with Gasteiger partial charge in [0.25, 0.3) is 0 Å². The zero-order valence-electron chi connectivity index (χ0n) is 10.9. The molecule has 0 saturated carbocycles. The largest absolute Gasteiger partial charge is 0.376 e. The lowest BCUT2D eigenvalue weighted by molar-refractivity contribution is -0.116. The van der Waals surface area contributed by atoms with E-state index in [1.165, 1.54) is 36.4 Å². The van der Waals surface area contributed by atoms with Gasteiger partial charge in [-0.05, 0) is 48.5 Å². The Labute approximate surface area is 121 Å². The van der Waals surface area contributed by atoms with Crippen LogP contribution in [0.25, 0.3) is 0 Å². The van der Waals surface area contributed by atoms with E-state index in [0.717, 1.165) is 12.1 Å². The average Bonchev–Trinajstić information content (AvgIpc) is 2.46. The molecule has 0 fully saturated rings. The lowest BCUT2D eigenvalue weighted by Gasteiger charge is -2.07.